The molecular formula is C16H14F2N2O. The average Bonchev–Trinajstić information content (AvgIpc) is 2.82. The number of anilines is 1. The van der Waals surface area contributed by atoms with Crippen LogP contribution in [0.5, 0.6) is 0 Å². The molecule has 0 saturated carbocycles. The first kappa shape index (κ1) is 13.7. The number of carbonyl (C=O) groups is 1. The first-order chi connectivity index (χ1) is 10.0. The van der Waals surface area contributed by atoms with E-state index in [0.29, 0.717) is 6.42 Å². The highest BCUT2D eigenvalue weighted by Crippen LogP contribution is 2.27. The Hall–Kier alpha value is -2.27. The molecule has 2 aromatic carbocycles. The summed E-state index contributed by atoms with van der Waals surface area (Å²) in [6.07, 6.45) is 0.522. The molecule has 1 atom stereocenters. The molecule has 0 bridgehead atoms. The number of halogens is 2. The molecule has 0 aliphatic carbocycles. The molecule has 1 aliphatic rings. The van der Waals surface area contributed by atoms with Crippen molar-refractivity contribution >= 4 is 11.6 Å². The van der Waals surface area contributed by atoms with Crippen molar-refractivity contribution in [3.63, 3.8) is 0 Å². The van der Waals surface area contributed by atoms with E-state index in [9.17, 15) is 13.6 Å². The lowest BCUT2D eigenvalue weighted by Gasteiger charge is -2.14. The lowest BCUT2D eigenvalue weighted by molar-refractivity contribution is -0.115. The molecule has 1 amide bonds. The average molecular weight is 288 g/mol. The maximum Gasteiger partial charge on any atom is 0.228 e. The Morgan fingerprint density at radius 3 is 2.86 bits per heavy atom. The van der Waals surface area contributed by atoms with Gasteiger partial charge in [-0.3, -0.25) is 4.79 Å². The monoisotopic (exact) mass is 288 g/mol. The van der Waals surface area contributed by atoms with Crippen molar-refractivity contribution in [2.24, 2.45) is 5.73 Å². The Kier molecular flexibility index (Phi) is 3.43. The Bertz CT molecular complexity index is 715. The zero-order valence-corrected chi connectivity index (χ0v) is 11.2. The number of carbonyl (C=O) groups excluding carboxylic acids is 1. The molecule has 0 radical (unpaired) electrons. The second kappa shape index (κ2) is 5.26. The highest BCUT2D eigenvalue weighted by atomic mass is 19.2. The van der Waals surface area contributed by atoms with E-state index in [0.717, 1.165) is 22.9 Å². The molecule has 2 aromatic rings. The van der Waals surface area contributed by atoms with Gasteiger partial charge in [0.2, 0.25) is 5.91 Å². The zero-order chi connectivity index (χ0) is 15.0. The fourth-order valence-electron chi connectivity index (χ4n) is 2.54. The Labute approximate surface area is 120 Å². The third-order valence-electron chi connectivity index (χ3n) is 3.65. The molecule has 108 valence electrons. The third-order valence-corrected chi connectivity index (χ3v) is 3.65. The summed E-state index contributed by atoms with van der Waals surface area (Å²) < 4.78 is 26.9. The molecule has 1 aliphatic heterocycles. The lowest BCUT2D eigenvalue weighted by atomic mass is 9.97. The number of hydrogen-bond donors (Lipinski definition) is 2. The minimum Gasteiger partial charge on any atom is -0.326 e. The van der Waals surface area contributed by atoms with E-state index in [1.165, 1.54) is 12.1 Å². The van der Waals surface area contributed by atoms with Crippen LogP contribution in [0.2, 0.25) is 0 Å². The van der Waals surface area contributed by atoms with Gasteiger partial charge in [0.1, 0.15) is 0 Å². The number of hydrogen-bond acceptors (Lipinski definition) is 2. The Balaban J connectivity index is 1.83. The summed E-state index contributed by atoms with van der Waals surface area (Å²) in [6, 6.07) is 9.04. The molecule has 0 spiro atoms. The van der Waals surface area contributed by atoms with Gasteiger partial charge in [-0.15, -0.1) is 0 Å². The van der Waals surface area contributed by atoms with Crippen molar-refractivity contribution < 1.29 is 13.6 Å². The van der Waals surface area contributed by atoms with Crippen LogP contribution in [0.3, 0.4) is 0 Å². The van der Waals surface area contributed by atoms with Gasteiger partial charge in [-0.1, -0.05) is 24.3 Å². The first-order valence-corrected chi connectivity index (χ1v) is 6.66. The molecule has 5 heteroatoms. The number of amides is 1. The number of benzene rings is 2. The predicted octanol–water partition coefficient (Wildman–Crippen LogP) is 2.70. The Morgan fingerprint density at radius 2 is 2.05 bits per heavy atom. The van der Waals surface area contributed by atoms with E-state index in [2.05, 4.69) is 5.32 Å². The van der Waals surface area contributed by atoms with Gasteiger partial charge in [-0.05, 0) is 35.2 Å². The molecule has 1 unspecified atom stereocenters. The van der Waals surface area contributed by atoms with Crippen molar-refractivity contribution in [1.29, 1.82) is 0 Å². The summed E-state index contributed by atoms with van der Waals surface area (Å²) >= 11 is 0. The van der Waals surface area contributed by atoms with Gasteiger partial charge >= 0.3 is 0 Å². The summed E-state index contributed by atoms with van der Waals surface area (Å²) in [6.45, 7) is 0. The van der Waals surface area contributed by atoms with E-state index < -0.39 is 17.7 Å². The van der Waals surface area contributed by atoms with Gasteiger partial charge in [0.05, 0.1) is 6.42 Å². The van der Waals surface area contributed by atoms with E-state index in [1.807, 2.05) is 6.07 Å². The van der Waals surface area contributed by atoms with Gasteiger partial charge < -0.3 is 11.1 Å². The summed E-state index contributed by atoms with van der Waals surface area (Å²) in [5.41, 5.74) is 8.79. The zero-order valence-electron chi connectivity index (χ0n) is 11.2. The van der Waals surface area contributed by atoms with Gasteiger partial charge in [-0.2, -0.15) is 0 Å². The largest absolute Gasteiger partial charge is 0.326 e. The maximum absolute atomic E-state index is 13.7. The van der Waals surface area contributed by atoms with Gasteiger partial charge in [0, 0.05) is 11.7 Å². The molecule has 21 heavy (non-hydrogen) atoms. The number of nitrogens with two attached hydrogens (primary N) is 1. The van der Waals surface area contributed by atoms with E-state index in [4.69, 9.17) is 5.73 Å². The quantitative estimate of drug-likeness (QED) is 0.912. The van der Waals surface area contributed by atoms with Crippen molar-refractivity contribution in [3.05, 3.63) is 64.7 Å². The molecule has 3 nitrogen and oxygen atoms in total. The van der Waals surface area contributed by atoms with Crippen molar-refractivity contribution in [1.82, 2.24) is 0 Å². The standard InChI is InChI=1S/C16H14F2N2O/c17-12-3-1-2-10(16(12)18)7-13(19)9-4-5-14-11(6-9)8-15(21)20-14/h1-6,13H,7-8,19H2,(H,20,21). The SMILES string of the molecule is NC(Cc1cccc(F)c1F)c1ccc2c(c1)CC(=O)N2. The normalized spacial score (nSPS) is 14.7. The molecule has 3 rings (SSSR count). The molecule has 3 N–H and O–H groups in total. The Morgan fingerprint density at radius 1 is 1.24 bits per heavy atom. The minimum atomic E-state index is -0.872. The van der Waals surface area contributed by atoms with Crippen LogP contribution in [-0.4, -0.2) is 5.91 Å². The van der Waals surface area contributed by atoms with Crippen LogP contribution in [0.15, 0.2) is 36.4 Å². The predicted molar refractivity (Wildman–Crippen MR) is 75.8 cm³/mol. The smallest absolute Gasteiger partial charge is 0.228 e. The lowest BCUT2D eigenvalue weighted by Crippen LogP contribution is -2.14. The number of fused-ring (bicyclic) bond motifs is 1. The summed E-state index contributed by atoms with van der Waals surface area (Å²) in [4.78, 5) is 11.3. The summed E-state index contributed by atoms with van der Waals surface area (Å²) in [7, 11) is 0. The highest BCUT2D eigenvalue weighted by molar-refractivity contribution is 5.99. The minimum absolute atomic E-state index is 0.0492. The van der Waals surface area contributed by atoms with Crippen molar-refractivity contribution in [2.75, 3.05) is 5.32 Å². The van der Waals surface area contributed by atoms with Crippen LogP contribution in [0.1, 0.15) is 22.7 Å². The van der Waals surface area contributed by atoms with Crippen molar-refractivity contribution in [3.8, 4) is 0 Å². The summed E-state index contributed by atoms with van der Waals surface area (Å²) in [5.74, 6) is -1.78. The van der Waals surface area contributed by atoms with Crippen LogP contribution < -0.4 is 11.1 Å². The molecule has 0 saturated heterocycles. The molecule has 0 fully saturated rings. The van der Waals surface area contributed by atoms with Gasteiger partial charge in [0.25, 0.3) is 0 Å². The van der Waals surface area contributed by atoms with E-state index in [-0.39, 0.29) is 17.9 Å². The fraction of sp³-hybridized carbons (Fsp3) is 0.188. The topological polar surface area (TPSA) is 55.1 Å². The third kappa shape index (κ3) is 2.64. The fourth-order valence-corrected chi connectivity index (χ4v) is 2.54. The second-order valence-corrected chi connectivity index (χ2v) is 5.17. The first-order valence-electron chi connectivity index (χ1n) is 6.66. The molecule has 1 heterocycles. The number of nitrogens with one attached hydrogen (secondary N) is 1. The van der Waals surface area contributed by atoms with Crippen LogP contribution in [0.4, 0.5) is 14.5 Å². The maximum atomic E-state index is 13.7. The summed E-state index contributed by atoms with van der Waals surface area (Å²) in [5, 5.41) is 2.74. The highest BCUT2D eigenvalue weighted by Gasteiger charge is 2.19. The van der Waals surface area contributed by atoms with Crippen LogP contribution in [0.25, 0.3) is 0 Å². The van der Waals surface area contributed by atoms with Gasteiger partial charge in [0.15, 0.2) is 11.6 Å². The van der Waals surface area contributed by atoms with Crippen molar-refractivity contribution in [2.45, 2.75) is 18.9 Å². The number of rotatable bonds is 3. The molecule has 0 aromatic heterocycles. The molecular weight excluding hydrogens is 274 g/mol. The van der Waals surface area contributed by atoms with Crippen LogP contribution >= 0.6 is 0 Å². The van der Waals surface area contributed by atoms with Crippen LogP contribution in [-0.2, 0) is 17.6 Å². The van der Waals surface area contributed by atoms with Gasteiger partial charge in [-0.25, -0.2) is 8.78 Å². The van der Waals surface area contributed by atoms with E-state index in [1.54, 1.807) is 12.1 Å². The van der Waals surface area contributed by atoms with Crippen LogP contribution in [0, 0.1) is 11.6 Å². The second-order valence-electron chi connectivity index (χ2n) is 5.17. The van der Waals surface area contributed by atoms with E-state index >= 15 is 0 Å².